The van der Waals surface area contributed by atoms with Crippen molar-refractivity contribution in [3.8, 4) is 0 Å². The third kappa shape index (κ3) is 4.92. The van der Waals surface area contributed by atoms with Gasteiger partial charge in [-0.3, -0.25) is 4.79 Å². The van der Waals surface area contributed by atoms with Crippen LogP contribution in [0.4, 0.5) is 5.82 Å². The van der Waals surface area contributed by atoms with Crippen LogP contribution in [-0.2, 0) is 16.1 Å². The highest BCUT2D eigenvalue weighted by atomic mass is 35.5. The summed E-state index contributed by atoms with van der Waals surface area (Å²) in [7, 11) is 0. The molecule has 0 radical (unpaired) electrons. The number of ether oxygens (including phenoxy) is 1. The Hall–Kier alpha value is -2.15. The first-order valence-electron chi connectivity index (χ1n) is 6.47. The fourth-order valence-electron chi connectivity index (χ4n) is 1.64. The van der Waals surface area contributed by atoms with Crippen molar-refractivity contribution < 1.29 is 19.4 Å². The number of pyridine rings is 1. The van der Waals surface area contributed by atoms with E-state index >= 15 is 0 Å². The largest absolute Gasteiger partial charge is 0.452 e. The van der Waals surface area contributed by atoms with Crippen LogP contribution in [-0.4, -0.2) is 28.6 Å². The lowest BCUT2D eigenvalue weighted by Gasteiger charge is -2.07. The van der Waals surface area contributed by atoms with E-state index in [2.05, 4.69) is 10.3 Å². The molecule has 8 heteroatoms. The molecule has 6 nitrogen and oxygen atoms in total. The first-order chi connectivity index (χ1) is 11.0. The molecular formula is C15H12Cl2N2O4. The molecule has 0 bridgehead atoms. The number of rotatable bonds is 5. The van der Waals surface area contributed by atoms with Crippen molar-refractivity contribution >= 4 is 40.9 Å². The smallest absolute Gasteiger partial charge is 0.338 e. The normalized spacial score (nSPS) is 10.2. The highest BCUT2D eigenvalue weighted by molar-refractivity contribution is 6.36. The average molecular weight is 355 g/mol. The fraction of sp³-hybridized carbons (Fsp3) is 0.133. The molecule has 0 fully saturated rings. The summed E-state index contributed by atoms with van der Waals surface area (Å²) in [5.41, 5.74) is 0.945. The molecule has 120 valence electrons. The molecule has 0 aliphatic carbocycles. The number of nitrogens with zero attached hydrogens (tertiary/aromatic N) is 1. The molecule has 0 spiro atoms. The molecule has 1 amide bonds. The van der Waals surface area contributed by atoms with Gasteiger partial charge in [0.05, 0.1) is 22.2 Å². The topological polar surface area (TPSA) is 88.5 Å². The number of benzene rings is 1. The number of amides is 1. The number of carbonyl (C=O) groups is 2. The Kier molecular flexibility index (Phi) is 5.92. The van der Waals surface area contributed by atoms with Crippen molar-refractivity contribution in [1.29, 1.82) is 0 Å². The second kappa shape index (κ2) is 7.92. The first kappa shape index (κ1) is 17.2. The summed E-state index contributed by atoms with van der Waals surface area (Å²) in [5, 5.41) is 11.9. The van der Waals surface area contributed by atoms with Gasteiger partial charge in [-0.2, -0.15) is 0 Å². The number of halogens is 2. The quantitative estimate of drug-likeness (QED) is 0.805. The summed E-state index contributed by atoms with van der Waals surface area (Å²) in [6.07, 6.45) is 1.33. The second-order valence-corrected chi connectivity index (χ2v) is 5.31. The molecule has 0 saturated carbocycles. The Morgan fingerprint density at radius 3 is 2.52 bits per heavy atom. The lowest BCUT2D eigenvalue weighted by Crippen LogP contribution is -2.21. The van der Waals surface area contributed by atoms with Crippen LogP contribution in [0.3, 0.4) is 0 Å². The van der Waals surface area contributed by atoms with Gasteiger partial charge in [0.25, 0.3) is 5.91 Å². The number of esters is 1. The number of hydrogen-bond donors (Lipinski definition) is 2. The van der Waals surface area contributed by atoms with Gasteiger partial charge in [0.15, 0.2) is 12.4 Å². The van der Waals surface area contributed by atoms with Crippen LogP contribution in [0.1, 0.15) is 15.9 Å². The third-order valence-electron chi connectivity index (χ3n) is 2.77. The van der Waals surface area contributed by atoms with Gasteiger partial charge in [-0.05, 0) is 23.8 Å². The fourth-order valence-corrected chi connectivity index (χ4v) is 2.06. The first-order valence-corrected chi connectivity index (χ1v) is 7.23. The summed E-state index contributed by atoms with van der Waals surface area (Å²) in [4.78, 5) is 27.4. The van der Waals surface area contributed by atoms with Crippen LogP contribution in [0.25, 0.3) is 0 Å². The molecular weight excluding hydrogens is 343 g/mol. The summed E-state index contributed by atoms with van der Waals surface area (Å²) in [6.45, 7) is -0.603. The Bertz CT molecular complexity index is 720. The Morgan fingerprint density at radius 2 is 1.91 bits per heavy atom. The maximum Gasteiger partial charge on any atom is 0.338 e. The van der Waals surface area contributed by atoms with Gasteiger partial charge >= 0.3 is 5.97 Å². The van der Waals surface area contributed by atoms with E-state index in [-0.39, 0.29) is 23.0 Å². The molecule has 2 rings (SSSR count). The molecule has 1 heterocycles. The summed E-state index contributed by atoms with van der Waals surface area (Å²) in [5.74, 6) is -1.11. The minimum Gasteiger partial charge on any atom is -0.452 e. The highest BCUT2D eigenvalue weighted by Crippen LogP contribution is 2.22. The molecule has 0 atom stereocenters. The van der Waals surface area contributed by atoms with E-state index in [1.807, 2.05) is 0 Å². The predicted molar refractivity (Wildman–Crippen MR) is 85.5 cm³/mol. The molecule has 0 aliphatic rings. The lowest BCUT2D eigenvalue weighted by molar-refractivity contribution is -0.119. The predicted octanol–water partition coefficient (Wildman–Crippen LogP) is 2.68. The van der Waals surface area contributed by atoms with Gasteiger partial charge in [-0.1, -0.05) is 35.3 Å². The number of hydrogen-bond acceptors (Lipinski definition) is 5. The van der Waals surface area contributed by atoms with Crippen molar-refractivity contribution in [2.24, 2.45) is 0 Å². The molecule has 1 aromatic heterocycles. The minimum atomic E-state index is -0.653. The zero-order valence-corrected chi connectivity index (χ0v) is 13.3. The SMILES string of the molecule is O=C(COC(=O)c1ccc(CO)cc1)Nc1ncc(Cl)cc1Cl. The van der Waals surface area contributed by atoms with Crippen LogP contribution >= 0.6 is 23.2 Å². The lowest BCUT2D eigenvalue weighted by atomic mass is 10.1. The minimum absolute atomic E-state index is 0.118. The van der Waals surface area contributed by atoms with Crippen molar-refractivity contribution in [3.05, 3.63) is 57.7 Å². The molecule has 0 saturated heterocycles. The molecule has 1 aromatic carbocycles. The van der Waals surface area contributed by atoms with E-state index in [1.165, 1.54) is 24.4 Å². The number of nitrogens with one attached hydrogen (secondary N) is 1. The summed E-state index contributed by atoms with van der Waals surface area (Å²) >= 11 is 11.6. The van der Waals surface area contributed by atoms with Crippen LogP contribution in [0.2, 0.25) is 10.0 Å². The van der Waals surface area contributed by atoms with Crippen LogP contribution in [0.5, 0.6) is 0 Å². The van der Waals surface area contributed by atoms with Gasteiger partial charge in [-0.15, -0.1) is 0 Å². The summed E-state index contributed by atoms with van der Waals surface area (Å²) in [6, 6.07) is 7.62. The van der Waals surface area contributed by atoms with Gasteiger partial charge < -0.3 is 15.2 Å². The molecule has 2 N–H and O–H groups in total. The number of aliphatic hydroxyl groups excluding tert-OH is 1. The van der Waals surface area contributed by atoms with Gasteiger partial charge in [0.1, 0.15) is 0 Å². The number of aromatic nitrogens is 1. The van der Waals surface area contributed by atoms with Gasteiger partial charge in [0, 0.05) is 6.20 Å². The van der Waals surface area contributed by atoms with Gasteiger partial charge in [-0.25, -0.2) is 9.78 Å². The van der Waals surface area contributed by atoms with Crippen molar-refractivity contribution in [3.63, 3.8) is 0 Å². The third-order valence-corrected chi connectivity index (χ3v) is 3.27. The Morgan fingerprint density at radius 1 is 1.22 bits per heavy atom. The van der Waals surface area contributed by atoms with Crippen molar-refractivity contribution in [2.75, 3.05) is 11.9 Å². The molecule has 0 aliphatic heterocycles. The highest BCUT2D eigenvalue weighted by Gasteiger charge is 2.12. The van der Waals surface area contributed by atoms with E-state index in [4.69, 9.17) is 33.0 Å². The zero-order valence-electron chi connectivity index (χ0n) is 11.8. The average Bonchev–Trinajstić information content (AvgIpc) is 2.55. The van der Waals surface area contributed by atoms with Crippen LogP contribution < -0.4 is 5.32 Å². The molecule has 2 aromatic rings. The molecule has 23 heavy (non-hydrogen) atoms. The standard InChI is InChI=1S/C15H12Cl2N2O4/c16-11-5-12(17)14(18-6-11)19-13(21)8-23-15(22)10-3-1-9(7-20)2-4-10/h1-6,20H,7-8H2,(H,18,19,21). The Balaban J connectivity index is 1.89. The van der Waals surface area contributed by atoms with E-state index in [0.717, 1.165) is 0 Å². The van der Waals surface area contributed by atoms with Crippen LogP contribution in [0, 0.1) is 0 Å². The molecule has 0 unspecified atom stereocenters. The van der Waals surface area contributed by atoms with Crippen molar-refractivity contribution in [2.45, 2.75) is 6.61 Å². The van der Waals surface area contributed by atoms with E-state index in [9.17, 15) is 9.59 Å². The maximum atomic E-state index is 11.8. The van der Waals surface area contributed by atoms with E-state index in [0.29, 0.717) is 10.6 Å². The monoisotopic (exact) mass is 354 g/mol. The maximum absolute atomic E-state index is 11.8. The van der Waals surface area contributed by atoms with Crippen molar-refractivity contribution in [1.82, 2.24) is 4.98 Å². The zero-order chi connectivity index (χ0) is 16.8. The van der Waals surface area contributed by atoms with Crippen LogP contribution in [0.15, 0.2) is 36.5 Å². The number of carbonyl (C=O) groups excluding carboxylic acids is 2. The number of aliphatic hydroxyl groups is 1. The Labute approximate surface area is 142 Å². The van der Waals surface area contributed by atoms with Gasteiger partial charge in [0.2, 0.25) is 0 Å². The van der Waals surface area contributed by atoms with E-state index < -0.39 is 18.5 Å². The second-order valence-electron chi connectivity index (χ2n) is 4.46. The van der Waals surface area contributed by atoms with E-state index in [1.54, 1.807) is 12.1 Å². The number of anilines is 1. The summed E-state index contributed by atoms with van der Waals surface area (Å²) < 4.78 is 4.89.